The number of ketones is 1. The molecule has 4 heterocycles. The van der Waals surface area contributed by atoms with E-state index >= 15 is 0 Å². The van der Waals surface area contributed by atoms with E-state index in [2.05, 4.69) is 9.97 Å². The number of para-hydroxylation sites is 1. The number of Topliss-reactive ketones (excluding diaryl/α,β-unsaturated/α-hetero) is 1. The molecule has 3 aromatic heterocycles. The summed E-state index contributed by atoms with van der Waals surface area (Å²) in [4.78, 5) is 35.0. The predicted octanol–water partition coefficient (Wildman–Crippen LogP) is 3.11. The molecule has 160 valence electrons. The van der Waals surface area contributed by atoms with Crippen LogP contribution in [0.3, 0.4) is 0 Å². The molecule has 1 unspecified atom stereocenters. The van der Waals surface area contributed by atoms with Crippen LogP contribution >= 0.6 is 0 Å². The lowest BCUT2D eigenvalue weighted by atomic mass is 9.95. The smallest absolute Gasteiger partial charge is 0.290 e. The Labute approximate surface area is 183 Å². The Morgan fingerprint density at radius 2 is 2.03 bits per heavy atom. The highest BCUT2D eigenvalue weighted by Gasteiger charge is 2.44. The topological polar surface area (TPSA) is 103 Å². The van der Waals surface area contributed by atoms with E-state index in [1.165, 1.54) is 4.90 Å². The number of furan rings is 1. The fourth-order valence-corrected chi connectivity index (χ4v) is 4.12. The number of carbonyl (C=O) groups excluding carboxylic acids is 2. The highest BCUT2D eigenvalue weighted by molar-refractivity contribution is 6.16. The lowest BCUT2D eigenvalue weighted by Gasteiger charge is -2.26. The van der Waals surface area contributed by atoms with Crippen molar-refractivity contribution in [2.45, 2.75) is 19.0 Å². The van der Waals surface area contributed by atoms with E-state index in [1.807, 2.05) is 41.5 Å². The van der Waals surface area contributed by atoms with Gasteiger partial charge in [-0.25, -0.2) is 4.57 Å². The average Bonchev–Trinajstić information content (AvgIpc) is 3.54. The minimum absolute atomic E-state index is 0.0227. The fraction of sp³-hybridized carbons (Fsp3) is 0.167. The summed E-state index contributed by atoms with van der Waals surface area (Å²) in [5.41, 5.74) is 1.29. The predicted molar refractivity (Wildman–Crippen MR) is 114 cm³/mol. The van der Waals surface area contributed by atoms with Crippen molar-refractivity contribution in [3.63, 3.8) is 0 Å². The molecule has 0 spiro atoms. The highest BCUT2D eigenvalue weighted by atomic mass is 16.3. The van der Waals surface area contributed by atoms with Crippen molar-refractivity contribution in [3.05, 3.63) is 96.2 Å². The second-order valence-corrected chi connectivity index (χ2v) is 7.62. The van der Waals surface area contributed by atoms with Gasteiger partial charge in [-0.1, -0.05) is 18.2 Å². The van der Waals surface area contributed by atoms with Crippen LogP contribution in [0.15, 0.2) is 89.3 Å². The van der Waals surface area contributed by atoms with E-state index in [-0.39, 0.29) is 11.3 Å². The summed E-state index contributed by atoms with van der Waals surface area (Å²) in [7, 11) is 0. The van der Waals surface area contributed by atoms with Gasteiger partial charge in [-0.15, -0.1) is 0 Å². The number of nitrogens with one attached hydrogen (secondary N) is 1. The van der Waals surface area contributed by atoms with E-state index in [0.29, 0.717) is 30.7 Å². The second kappa shape index (κ2) is 8.14. The van der Waals surface area contributed by atoms with Crippen LogP contribution in [0.1, 0.15) is 28.6 Å². The third-order valence-electron chi connectivity index (χ3n) is 5.64. The number of H-pyrrole nitrogens is 1. The maximum Gasteiger partial charge on any atom is 0.290 e. The molecule has 32 heavy (non-hydrogen) atoms. The first kappa shape index (κ1) is 19.7. The summed E-state index contributed by atoms with van der Waals surface area (Å²) >= 11 is 0. The zero-order chi connectivity index (χ0) is 22.1. The number of carbonyl (C=O) groups is 2. The van der Waals surface area contributed by atoms with Gasteiger partial charge in [0, 0.05) is 30.7 Å². The van der Waals surface area contributed by atoms with Gasteiger partial charge in [0.25, 0.3) is 5.91 Å². The largest absolute Gasteiger partial charge is 0.503 e. The quantitative estimate of drug-likeness (QED) is 0.347. The molecule has 0 radical (unpaired) electrons. The summed E-state index contributed by atoms with van der Waals surface area (Å²) < 4.78 is 7.70. The monoisotopic (exact) mass is 429 g/mol. The van der Waals surface area contributed by atoms with Gasteiger partial charge in [-0.05, 0) is 29.8 Å². The van der Waals surface area contributed by atoms with Gasteiger partial charge in [0.2, 0.25) is 12.1 Å². The number of aromatic amines is 1. The molecule has 0 saturated heterocycles. The number of benzene rings is 1. The van der Waals surface area contributed by atoms with Crippen LogP contribution in [-0.2, 0) is 11.3 Å². The Morgan fingerprint density at radius 3 is 2.78 bits per heavy atom. The Balaban J connectivity index is 1.49. The summed E-state index contributed by atoms with van der Waals surface area (Å²) in [5, 5.41) is 11.5. The lowest BCUT2D eigenvalue weighted by molar-refractivity contribution is -0.695. The summed E-state index contributed by atoms with van der Waals surface area (Å²) in [6.45, 7) is 1.05. The zero-order valence-electron chi connectivity index (χ0n) is 17.1. The van der Waals surface area contributed by atoms with Gasteiger partial charge in [0.15, 0.2) is 11.5 Å². The number of fused-ring (bicyclic) bond motifs is 1. The van der Waals surface area contributed by atoms with Crippen LogP contribution in [0.4, 0.5) is 0 Å². The Kier molecular flexibility index (Phi) is 5.03. The third kappa shape index (κ3) is 3.45. The number of imidazole rings is 1. The minimum Gasteiger partial charge on any atom is -0.503 e. The van der Waals surface area contributed by atoms with Crippen molar-refractivity contribution in [3.8, 4) is 0 Å². The summed E-state index contributed by atoms with van der Waals surface area (Å²) in [5.74, 6) is -1.52. The number of nitrogens with zero attached hydrogens (tertiary/aromatic N) is 3. The number of hydrogen-bond donors (Lipinski definition) is 2. The molecule has 5 rings (SSSR count). The first-order valence-corrected chi connectivity index (χ1v) is 10.3. The lowest BCUT2D eigenvalue weighted by Crippen LogP contribution is -2.36. The van der Waals surface area contributed by atoms with Gasteiger partial charge >= 0.3 is 0 Å². The van der Waals surface area contributed by atoms with Crippen LogP contribution < -0.4 is 4.57 Å². The molecule has 4 aromatic rings. The van der Waals surface area contributed by atoms with Crippen molar-refractivity contribution in [1.82, 2.24) is 14.9 Å². The molecule has 1 amide bonds. The molecule has 1 aliphatic rings. The number of aromatic nitrogens is 3. The van der Waals surface area contributed by atoms with Crippen molar-refractivity contribution >= 4 is 22.7 Å². The summed E-state index contributed by atoms with van der Waals surface area (Å²) in [6, 6.07) is 11.7. The maximum atomic E-state index is 13.4. The van der Waals surface area contributed by atoms with E-state index < -0.39 is 23.5 Å². The molecule has 1 atom stereocenters. The average molecular weight is 429 g/mol. The van der Waals surface area contributed by atoms with E-state index in [1.54, 1.807) is 36.7 Å². The maximum absolute atomic E-state index is 13.4. The number of aliphatic hydroxyl groups is 1. The van der Waals surface area contributed by atoms with Crippen LogP contribution in [0, 0.1) is 0 Å². The molecule has 0 aliphatic carbocycles. The number of hydrogen-bond acceptors (Lipinski definition) is 5. The molecule has 1 aromatic carbocycles. The van der Waals surface area contributed by atoms with Crippen molar-refractivity contribution in [2.75, 3.05) is 6.54 Å². The van der Waals surface area contributed by atoms with Crippen molar-refractivity contribution in [2.24, 2.45) is 0 Å². The molecule has 8 nitrogen and oxygen atoms in total. The number of amides is 1. The number of rotatable bonds is 7. The Morgan fingerprint density at radius 1 is 1.22 bits per heavy atom. The van der Waals surface area contributed by atoms with E-state index in [9.17, 15) is 14.7 Å². The Bertz CT molecular complexity index is 1280. The van der Waals surface area contributed by atoms with Crippen molar-refractivity contribution < 1.29 is 23.7 Å². The molecule has 2 N–H and O–H groups in total. The SMILES string of the molecule is O=C(C1=C(O)C(=O)N(CCC[n+]2cc[nH]c2)C1c1ccncc1)c1cc2ccccc2o1. The van der Waals surface area contributed by atoms with E-state index in [4.69, 9.17) is 4.42 Å². The zero-order valence-corrected chi connectivity index (χ0v) is 17.1. The van der Waals surface area contributed by atoms with Crippen LogP contribution in [0.25, 0.3) is 11.0 Å². The standard InChI is InChI=1S/C24H20N4O4/c29-22(19-14-17-4-1-2-5-18(17)32-19)20-21(16-6-8-25-9-7-16)28(24(31)23(20)30)12-3-11-27-13-10-26-15-27/h1-2,4-10,13-15,21H,3,11-12H2,(H,29,30)/p+1. The molecule has 0 bridgehead atoms. The number of aliphatic hydroxyl groups excluding tert-OH is 1. The highest BCUT2D eigenvalue weighted by Crippen LogP contribution is 2.39. The van der Waals surface area contributed by atoms with Crippen LogP contribution in [0.2, 0.25) is 0 Å². The molecular weight excluding hydrogens is 408 g/mol. The van der Waals surface area contributed by atoms with Crippen molar-refractivity contribution in [1.29, 1.82) is 0 Å². The first-order chi connectivity index (χ1) is 15.6. The molecule has 0 fully saturated rings. The molecule has 8 heteroatoms. The Hall–Kier alpha value is -4.20. The number of pyridine rings is 1. The minimum atomic E-state index is -0.720. The molecule has 1 aliphatic heterocycles. The molecular formula is C24H21N4O4+. The first-order valence-electron chi connectivity index (χ1n) is 10.3. The fourth-order valence-electron chi connectivity index (χ4n) is 4.12. The number of aryl methyl sites for hydroxylation is 1. The summed E-state index contributed by atoms with van der Waals surface area (Å²) in [6.07, 6.45) is 9.41. The van der Waals surface area contributed by atoms with E-state index in [0.717, 1.165) is 5.39 Å². The molecule has 0 saturated carbocycles. The van der Waals surface area contributed by atoms with Gasteiger partial charge in [-0.3, -0.25) is 19.6 Å². The second-order valence-electron chi connectivity index (χ2n) is 7.62. The van der Waals surface area contributed by atoms with Crippen LogP contribution in [-0.4, -0.2) is 38.2 Å². The van der Waals surface area contributed by atoms with Crippen LogP contribution in [0.5, 0.6) is 0 Å². The van der Waals surface area contributed by atoms with Gasteiger partial charge in [0.05, 0.1) is 18.2 Å². The third-order valence-corrected chi connectivity index (χ3v) is 5.64. The normalized spacial score (nSPS) is 16.3. The van der Waals surface area contributed by atoms with Gasteiger partial charge in [-0.2, -0.15) is 0 Å². The van der Waals surface area contributed by atoms with Gasteiger partial charge in [0.1, 0.15) is 18.0 Å². The van der Waals surface area contributed by atoms with Gasteiger partial charge < -0.3 is 14.4 Å².